The van der Waals surface area contributed by atoms with Gasteiger partial charge < -0.3 is 10.6 Å². The molecule has 1 fully saturated rings. The van der Waals surface area contributed by atoms with Crippen molar-refractivity contribution in [3.8, 4) is 0 Å². The zero-order valence-corrected chi connectivity index (χ0v) is 20.3. The summed E-state index contributed by atoms with van der Waals surface area (Å²) in [6, 6.07) is 14.8. The van der Waals surface area contributed by atoms with E-state index in [2.05, 4.69) is 10.6 Å². The number of hydrogen-bond acceptors (Lipinski definition) is 2. The van der Waals surface area contributed by atoms with E-state index in [-0.39, 0.29) is 16.3 Å². The summed E-state index contributed by atoms with van der Waals surface area (Å²) < 4.78 is 12.1. The van der Waals surface area contributed by atoms with Gasteiger partial charge in [0.2, 0.25) is 5.91 Å². The molecule has 1 aliphatic carbocycles. The lowest BCUT2D eigenvalue weighted by molar-refractivity contribution is -0.117. The van der Waals surface area contributed by atoms with E-state index < -0.39 is 33.8 Å². The quantitative estimate of drug-likeness (QED) is 0.325. The smallest absolute Gasteiger partial charge is 0.257 e. The monoisotopic (exact) mass is 544 g/mol. The van der Waals surface area contributed by atoms with Crippen LogP contribution in [0.25, 0.3) is 0 Å². The molecule has 3 aromatic rings. The van der Waals surface area contributed by atoms with Crippen LogP contribution in [0, 0.1) is 11.7 Å². The van der Waals surface area contributed by atoms with Crippen molar-refractivity contribution in [1.29, 1.82) is 0 Å². The molecular formula is C23H14Cl5FN2O2. The van der Waals surface area contributed by atoms with Crippen molar-refractivity contribution in [1.82, 2.24) is 0 Å². The van der Waals surface area contributed by atoms with Gasteiger partial charge in [0.05, 0.1) is 26.5 Å². The Hall–Kier alpha value is -2.02. The SMILES string of the molecule is O=C(Nc1cccc(F)c1)c1cc(NC(=O)[C@H]2[C@H](c3ccc(Cl)c(Cl)c3)C2(Cl)Cl)ccc1Cl. The van der Waals surface area contributed by atoms with Crippen LogP contribution in [0.3, 0.4) is 0 Å². The van der Waals surface area contributed by atoms with Gasteiger partial charge in [-0.3, -0.25) is 9.59 Å². The van der Waals surface area contributed by atoms with Crippen molar-refractivity contribution in [2.75, 3.05) is 10.6 Å². The normalized spacial score (nSPS) is 18.5. The highest BCUT2D eigenvalue weighted by Gasteiger charge is 2.67. The van der Waals surface area contributed by atoms with Gasteiger partial charge in [-0.2, -0.15) is 0 Å². The molecule has 0 spiro atoms. The topological polar surface area (TPSA) is 58.2 Å². The predicted molar refractivity (Wildman–Crippen MR) is 132 cm³/mol. The molecule has 2 amide bonds. The highest BCUT2D eigenvalue weighted by molar-refractivity contribution is 6.53. The van der Waals surface area contributed by atoms with E-state index in [9.17, 15) is 14.0 Å². The van der Waals surface area contributed by atoms with E-state index in [1.54, 1.807) is 24.3 Å². The highest BCUT2D eigenvalue weighted by Crippen LogP contribution is 2.65. The van der Waals surface area contributed by atoms with Gasteiger partial charge in [0.1, 0.15) is 10.2 Å². The highest BCUT2D eigenvalue weighted by atomic mass is 35.5. The molecule has 0 radical (unpaired) electrons. The Kier molecular flexibility index (Phi) is 6.81. The average Bonchev–Trinajstić information content (AvgIpc) is 3.33. The summed E-state index contributed by atoms with van der Waals surface area (Å²) in [6.45, 7) is 0. The van der Waals surface area contributed by atoms with E-state index in [1.165, 1.54) is 36.4 Å². The largest absolute Gasteiger partial charge is 0.326 e. The third-order valence-corrected chi connectivity index (χ3v) is 7.21. The minimum atomic E-state index is -1.33. The van der Waals surface area contributed by atoms with Crippen molar-refractivity contribution in [2.45, 2.75) is 10.3 Å². The molecule has 0 saturated heterocycles. The maximum atomic E-state index is 13.4. The number of nitrogens with one attached hydrogen (secondary N) is 2. The van der Waals surface area contributed by atoms with Gasteiger partial charge in [-0.25, -0.2) is 4.39 Å². The fourth-order valence-corrected chi connectivity index (χ4v) is 4.87. The molecule has 0 bridgehead atoms. The van der Waals surface area contributed by atoms with Crippen LogP contribution >= 0.6 is 58.0 Å². The lowest BCUT2D eigenvalue weighted by Gasteiger charge is -2.10. The average molecular weight is 547 g/mol. The first kappa shape index (κ1) is 24.1. The van der Waals surface area contributed by atoms with Crippen LogP contribution in [0.4, 0.5) is 15.8 Å². The first-order valence-electron chi connectivity index (χ1n) is 9.58. The molecule has 0 aliphatic heterocycles. The second-order valence-electron chi connectivity index (χ2n) is 7.45. The molecule has 4 rings (SSSR count). The first-order valence-corrected chi connectivity index (χ1v) is 11.5. The number of rotatable bonds is 5. The van der Waals surface area contributed by atoms with Crippen LogP contribution in [0.1, 0.15) is 21.8 Å². The summed E-state index contributed by atoms with van der Waals surface area (Å²) in [5.41, 5.74) is 1.36. The number of anilines is 2. The van der Waals surface area contributed by atoms with E-state index >= 15 is 0 Å². The van der Waals surface area contributed by atoms with Crippen LogP contribution in [0.2, 0.25) is 15.1 Å². The molecule has 2 N–H and O–H groups in total. The van der Waals surface area contributed by atoms with Crippen LogP contribution in [0.15, 0.2) is 60.7 Å². The van der Waals surface area contributed by atoms with E-state index in [4.69, 9.17) is 58.0 Å². The first-order chi connectivity index (χ1) is 15.6. The molecule has 0 unspecified atom stereocenters. The fraction of sp³-hybridized carbons (Fsp3) is 0.130. The Labute approximate surface area is 213 Å². The van der Waals surface area contributed by atoms with Gasteiger partial charge in [-0.05, 0) is 54.1 Å². The summed E-state index contributed by atoms with van der Waals surface area (Å²) in [4.78, 5) is 25.5. The molecular weight excluding hydrogens is 533 g/mol. The summed E-state index contributed by atoms with van der Waals surface area (Å²) in [5, 5.41) is 6.15. The lowest BCUT2D eigenvalue weighted by Crippen LogP contribution is -2.18. The molecule has 1 saturated carbocycles. The molecule has 170 valence electrons. The zero-order valence-electron chi connectivity index (χ0n) is 16.5. The molecule has 4 nitrogen and oxygen atoms in total. The van der Waals surface area contributed by atoms with Gasteiger partial charge in [0.15, 0.2) is 0 Å². The van der Waals surface area contributed by atoms with E-state index in [1.807, 2.05) is 0 Å². The number of amides is 2. The van der Waals surface area contributed by atoms with Crippen molar-refractivity contribution >= 4 is 81.2 Å². The Bertz CT molecular complexity index is 1270. The summed E-state index contributed by atoms with van der Waals surface area (Å²) in [5.74, 6) is -2.73. The maximum Gasteiger partial charge on any atom is 0.257 e. The van der Waals surface area contributed by atoms with E-state index in [0.717, 1.165) is 0 Å². The molecule has 10 heteroatoms. The Morgan fingerprint density at radius 2 is 1.52 bits per heavy atom. The summed E-state index contributed by atoms with van der Waals surface area (Å²) in [6.07, 6.45) is 0. The Balaban J connectivity index is 1.50. The summed E-state index contributed by atoms with van der Waals surface area (Å²) in [7, 11) is 0. The number of benzene rings is 3. The van der Waals surface area contributed by atoms with Crippen molar-refractivity contribution in [3.05, 3.63) is 92.7 Å². The number of carbonyl (C=O) groups is 2. The van der Waals surface area contributed by atoms with Crippen LogP contribution < -0.4 is 10.6 Å². The van der Waals surface area contributed by atoms with E-state index in [0.29, 0.717) is 21.3 Å². The third kappa shape index (κ3) is 5.08. The standard InChI is InChI=1S/C23H14Cl5FN2O2/c24-16-7-5-14(10-15(16)21(32)30-13-3-1-2-12(29)9-13)31-22(33)20-19(23(20,27)28)11-4-6-17(25)18(26)8-11/h1-10,19-20H,(H,30,32)(H,31,33)/t19-,20+/m0/s1. The van der Waals surface area contributed by atoms with Gasteiger partial charge in [-0.15, -0.1) is 23.2 Å². The van der Waals surface area contributed by atoms with Crippen LogP contribution in [-0.4, -0.2) is 16.1 Å². The van der Waals surface area contributed by atoms with Gasteiger partial charge in [0, 0.05) is 17.3 Å². The number of carbonyl (C=O) groups excluding carboxylic acids is 2. The maximum absolute atomic E-state index is 13.4. The van der Waals surface area contributed by atoms with Gasteiger partial charge in [0.25, 0.3) is 5.91 Å². The molecule has 0 heterocycles. The second-order valence-corrected chi connectivity index (χ2v) is 10.1. The minimum Gasteiger partial charge on any atom is -0.326 e. The zero-order chi connectivity index (χ0) is 23.9. The lowest BCUT2D eigenvalue weighted by atomic mass is 10.1. The van der Waals surface area contributed by atoms with Crippen molar-refractivity contribution in [3.63, 3.8) is 0 Å². The van der Waals surface area contributed by atoms with Gasteiger partial charge in [-0.1, -0.05) is 46.9 Å². The van der Waals surface area contributed by atoms with Crippen molar-refractivity contribution in [2.24, 2.45) is 5.92 Å². The molecule has 0 aromatic heterocycles. The second kappa shape index (κ2) is 9.32. The molecule has 1 aliphatic rings. The number of halogens is 6. The number of alkyl halides is 2. The Morgan fingerprint density at radius 1 is 0.818 bits per heavy atom. The van der Waals surface area contributed by atoms with Crippen LogP contribution in [-0.2, 0) is 4.79 Å². The Morgan fingerprint density at radius 3 is 2.21 bits per heavy atom. The third-order valence-electron chi connectivity index (χ3n) is 5.20. The van der Waals surface area contributed by atoms with Crippen molar-refractivity contribution < 1.29 is 14.0 Å². The molecule has 3 aromatic carbocycles. The molecule has 2 atom stereocenters. The van der Waals surface area contributed by atoms with Gasteiger partial charge >= 0.3 is 0 Å². The molecule has 33 heavy (non-hydrogen) atoms. The minimum absolute atomic E-state index is 0.0959. The van der Waals surface area contributed by atoms with Crippen LogP contribution in [0.5, 0.6) is 0 Å². The summed E-state index contributed by atoms with van der Waals surface area (Å²) >= 11 is 31.0. The fourth-order valence-electron chi connectivity index (χ4n) is 3.54. The number of hydrogen-bond donors (Lipinski definition) is 2. The predicted octanol–water partition coefficient (Wildman–Crippen LogP) is 7.56.